The van der Waals surface area contributed by atoms with Gasteiger partial charge in [-0.1, -0.05) is 23.7 Å². The first kappa shape index (κ1) is 27.5. The number of benzene rings is 2. The van der Waals surface area contributed by atoms with Crippen molar-refractivity contribution in [2.24, 2.45) is 0 Å². The molecule has 3 aromatic rings. The van der Waals surface area contributed by atoms with Crippen LogP contribution in [0.1, 0.15) is 44.1 Å². The van der Waals surface area contributed by atoms with Gasteiger partial charge in [0.15, 0.2) is 5.43 Å². The number of rotatable bonds is 5. The number of piperidine rings is 2. The smallest absolute Gasteiger partial charge is 0.416 e. The highest BCUT2D eigenvalue weighted by molar-refractivity contribution is 6.33. The SMILES string of the molecule is CCN(C(=O)Oc1cc(O)c2c(=O)cc(-c3ccccc3Cl)oc2c1[C@H]1CCN(C)C[C@H]1O)[C@H]1CCCCN1. The molecule has 0 saturated carbocycles. The first-order chi connectivity index (χ1) is 18.8. The molecule has 10 heteroatoms. The van der Waals surface area contributed by atoms with E-state index in [1.54, 1.807) is 29.2 Å². The van der Waals surface area contributed by atoms with Crippen molar-refractivity contribution in [3.05, 3.63) is 57.2 Å². The largest absolute Gasteiger partial charge is 0.507 e. The summed E-state index contributed by atoms with van der Waals surface area (Å²) >= 11 is 6.41. The fourth-order valence-electron chi connectivity index (χ4n) is 5.70. The number of ether oxygens (including phenoxy) is 1. The molecule has 0 aliphatic carbocycles. The Bertz CT molecular complexity index is 1420. The third-order valence-electron chi connectivity index (χ3n) is 7.71. The Labute approximate surface area is 231 Å². The molecular weight excluding hydrogens is 522 g/mol. The molecule has 5 rings (SSSR count). The Morgan fingerprint density at radius 2 is 2.05 bits per heavy atom. The predicted octanol–water partition coefficient (Wildman–Crippen LogP) is 4.52. The van der Waals surface area contributed by atoms with Gasteiger partial charge in [-0.05, 0) is 64.9 Å². The fraction of sp³-hybridized carbons (Fsp3) is 0.448. The van der Waals surface area contributed by atoms with Gasteiger partial charge in [0.1, 0.15) is 28.2 Å². The summed E-state index contributed by atoms with van der Waals surface area (Å²) in [5.74, 6) is -0.588. The molecule has 0 radical (unpaired) electrons. The van der Waals surface area contributed by atoms with Crippen molar-refractivity contribution < 1.29 is 24.2 Å². The summed E-state index contributed by atoms with van der Waals surface area (Å²) in [6.45, 7) is 4.19. The minimum absolute atomic E-state index is 0.0342. The molecule has 0 spiro atoms. The van der Waals surface area contributed by atoms with Gasteiger partial charge in [-0.25, -0.2) is 4.79 Å². The molecule has 1 amide bonds. The van der Waals surface area contributed by atoms with Crippen molar-refractivity contribution in [2.75, 3.05) is 33.2 Å². The molecule has 2 aliphatic rings. The van der Waals surface area contributed by atoms with Crippen LogP contribution in [0.4, 0.5) is 4.79 Å². The van der Waals surface area contributed by atoms with E-state index in [0.29, 0.717) is 42.2 Å². The summed E-state index contributed by atoms with van der Waals surface area (Å²) < 4.78 is 12.2. The highest BCUT2D eigenvalue weighted by Gasteiger charge is 2.35. The summed E-state index contributed by atoms with van der Waals surface area (Å²) in [4.78, 5) is 30.4. The zero-order valence-corrected chi connectivity index (χ0v) is 22.9. The van der Waals surface area contributed by atoms with Crippen LogP contribution in [0.3, 0.4) is 0 Å². The van der Waals surface area contributed by atoms with E-state index in [0.717, 1.165) is 25.8 Å². The maximum absolute atomic E-state index is 13.5. The van der Waals surface area contributed by atoms with Crippen molar-refractivity contribution in [3.63, 3.8) is 0 Å². The van der Waals surface area contributed by atoms with Crippen molar-refractivity contribution in [1.82, 2.24) is 15.1 Å². The van der Waals surface area contributed by atoms with E-state index in [1.165, 1.54) is 12.1 Å². The Balaban J connectivity index is 1.67. The molecule has 3 N–H and O–H groups in total. The lowest BCUT2D eigenvalue weighted by atomic mass is 9.85. The van der Waals surface area contributed by atoms with Crippen LogP contribution in [-0.4, -0.2) is 71.6 Å². The van der Waals surface area contributed by atoms with E-state index >= 15 is 0 Å². The number of phenolic OH excluding ortho intramolecular Hbond substituents is 1. The van der Waals surface area contributed by atoms with Crippen molar-refractivity contribution in [2.45, 2.75) is 50.8 Å². The number of β-amino-alcohol motifs (C(OH)–C–C–N with tert-alkyl or cyclic N) is 1. The maximum atomic E-state index is 13.5. The van der Waals surface area contributed by atoms with Crippen LogP contribution in [-0.2, 0) is 0 Å². The standard InChI is InChI=1S/C29H34ClN3O6/c1-3-33(25-10-6-7-12-31-25)29(37)39-24-15-21(35)27-20(34)14-23(17-8-4-5-9-19(17)30)38-28(27)26(24)18-11-13-32(2)16-22(18)36/h4-5,8-9,14-15,18,22,25,31,35-36H,3,6-7,10-13,16H2,1-2H3/t18-,22+,25-/m0/s1. The Morgan fingerprint density at radius 3 is 2.74 bits per heavy atom. The number of likely N-dealkylation sites (N-methyl/N-ethyl adjacent to an activating group) is 1. The summed E-state index contributed by atoms with van der Waals surface area (Å²) in [6, 6.07) is 9.55. The van der Waals surface area contributed by atoms with Crippen LogP contribution in [0.15, 0.2) is 45.6 Å². The number of phenols is 1. The lowest BCUT2D eigenvalue weighted by Gasteiger charge is -2.36. The Hall–Kier alpha value is -3.11. The normalized spacial score (nSPS) is 22.1. The van der Waals surface area contributed by atoms with Crippen LogP contribution in [0.2, 0.25) is 5.02 Å². The lowest BCUT2D eigenvalue weighted by Crippen LogP contribution is -2.51. The number of amides is 1. The van der Waals surface area contributed by atoms with Gasteiger partial charge in [-0.3, -0.25) is 15.0 Å². The molecule has 2 fully saturated rings. The van der Waals surface area contributed by atoms with E-state index in [9.17, 15) is 19.8 Å². The van der Waals surface area contributed by atoms with E-state index < -0.39 is 23.5 Å². The molecule has 9 nitrogen and oxygen atoms in total. The average Bonchev–Trinajstić information content (AvgIpc) is 2.90. The van der Waals surface area contributed by atoms with Gasteiger partial charge in [0, 0.05) is 42.3 Å². The van der Waals surface area contributed by atoms with Gasteiger partial charge >= 0.3 is 6.09 Å². The molecule has 2 aliphatic heterocycles. The van der Waals surface area contributed by atoms with E-state index in [2.05, 4.69) is 5.32 Å². The topological polar surface area (TPSA) is 115 Å². The zero-order valence-electron chi connectivity index (χ0n) is 22.2. The maximum Gasteiger partial charge on any atom is 0.416 e. The van der Waals surface area contributed by atoms with Crippen LogP contribution in [0.25, 0.3) is 22.3 Å². The number of hydrogen-bond donors (Lipinski definition) is 3. The highest BCUT2D eigenvalue weighted by Crippen LogP contribution is 2.44. The number of nitrogens with one attached hydrogen (secondary N) is 1. The Morgan fingerprint density at radius 1 is 1.26 bits per heavy atom. The minimum atomic E-state index is -0.814. The second kappa shape index (κ2) is 11.6. The van der Waals surface area contributed by atoms with E-state index in [-0.39, 0.29) is 34.4 Å². The number of carbonyl (C=O) groups is 1. The highest BCUT2D eigenvalue weighted by atomic mass is 35.5. The molecular formula is C29H34ClN3O6. The average molecular weight is 556 g/mol. The number of aliphatic hydroxyl groups excluding tert-OH is 1. The van der Waals surface area contributed by atoms with E-state index in [4.69, 9.17) is 20.8 Å². The van der Waals surface area contributed by atoms with Gasteiger partial charge in [0.25, 0.3) is 0 Å². The third-order valence-corrected chi connectivity index (χ3v) is 8.04. The first-order valence-corrected chi connectivity index (χ1v) is 13.8. The van der Waals surface area contributed by atoms with Gasteiger partial charge in [-0.2, -0.15) is 0 Å². The van der Waals surface area contributed by atoms with Gasteiger partial charge < -0.3 is 24.3 Å². The molecule has 1 aromatic heterocycles. The molecule has 39 heavy (non-hydrogen) atoms. The molecule has 208 valence electrons. The zero-order chi connectivity index (χ0) is 27.7. The summed E-state index contributed by atoms with van der Waals surface area (Å²) in [5.41, 5.74) is 0.505. The number of fused-ring (bicyclic) bond motifs is 1. The molecule has 2 aromatic carbocycles. The second-order valence-corrected chi connectivity index (χ2v) is 10.7. The van der Waals surface area contributed by atoms with Crippen LogP contribution in [0.5, 0.6) is 11.5 Å². The minimum Gasteiger partial charge on any atom is -0.507 e. The van der Waals surface area contributed by atoms with Gasteiger partial charge in [0.05, 0.1) is 17.3 Å². The summed E-state index contributed by atoms with van der Waals surface area (Å²) in [7, 11) is 1.92. The quantitative estimate of drug-likeness (QED) is 0.421. The van der Waals surface area contributed by atoms with Crippen molar-refractivity contribution >= 4 is 28.7 Å². The molecule has 0 unspecified atom stereocenters. The number of likely N-dealkylation sites (tertiary alicyclic amines) is 1. The van der Waals surface area contributed by atoms with Crippen LogP contribution in [0, 0.1) is 0 Å². The fourth-order valence-corrected chi connectivity index (χ4v) is 5.93. The van der Waals surface area contributed by atoms with Crippen molar-refractivity contribution in [1.29, 1.82) is 0 Å². The summed E-state index contributed by atoms with van der Waals surface area (Å²) in [5, 5.41) is 25.8. The van der Waals surface area contributed by atoms with Gasteiger partial charge in [0.2, 0.25) is 0 Å². The summed E-state index contributed by atoms with van der Waals surface area (Å²) in [6.07, 6.45) is 1.84. The molecule has 0 bridgehead atoms. The van der Waals surface area contributed by atoms with E-state index in [1.807, 2.05) is 18.9 Å². The van der Waals surface area contributed by atoms with Gasteiger partial charge in [-0.15, -0.1) is 0 Å². The van der Waals surface area contributed by atoms with Crippen molar-refractivity contribution in [3.8, 4) is 22.8 Å². The first-order valence-electron chi connectivity index (χ1n) is 13.5. The third kappa shape index (κ3) is 5.49. The lowest BCUT2D eigenvalue weighted by molar-refractivity contribution is 0.0624. The molecule has 3 atom stereocenters. The monoisotopic (exact) mass is 555 g/mol. The number of aromatic hydroxyl groups is 1. The molecule has 3 heterocycles. The number of aliphatic hydroxyl groups is 1. The van der Waals surface area contributed by atoms with Crippen LogP contribution < -0.4 is 15.5 Å². The number of nitrogens with zero attached hydrogens (tertiary/aromatic N) is 2. The Kier molecular flexibility index (Phi) is 8.13. The number of hydrogen-bond acceptors (Lipinski definition) is 8. The number of halogens is 1. The second-order valence-electron chi connectivity index (χ2n) is 10.3. The number of carbonyl (C=O) groups excluding carboxylic acids is 1. The predicted molar refractivity (Wildman–Crippen MR) is 150 cm³/mol. The molecule has 2 saturated heterocycles. The van der Waals surface area contributed by atoms with Crippen LogP contribution >= 0.6 is 11.6 Å².